The zero-order valence-corrected chi connectivity index (χ0v) is 10.0. The first kappa shape index (κ1) is 14.9. The van der Waals surface area contributed by atoms with Gasteiger partial charge in [0.05, 0.1) is 13.0 Å². The Labute approximate surface area is 94.8 Å². The molecule has 0 aliphatic rings. The van der Waals surface area contributed by atoms with Crippen molar-refractivity contribution in [3.8, 4) is 0 Å². The predicted molar refractivity (Wildman–Crippen MR) is 54.7 cm³/mol. The first-order valence-electron chi connectivity index (χ1n) is 4.92. The average molecular weight is 234 g/mol. The number of hydrogen-bond acceptors (Lipinski definition) is 6. The zero-order chi connectivity index (χ0) is 12.6. The molecule has 6 heteroatoms. The fraction of sp³-hybridized carbons (Fsp3) is 0.800. The molecule has 0 aliphatic heterocycles. The Morgan fingerprint density at radius 3 is 2.12 bits per heavy atom. The molecule has 0 rings (SSSR count). The van der Waals surface area contributed by atoms with Crippen molar-refractivity contribution < 1.29 is 28.5 Å². The van der Waals surface area contributed by atoms with E-state index in [0.717, 1.165) is 0 Å². The van der Waals surface area contributed by atoms with Gasteiger partial charge in [-0.2, -0.15) is 0 Å². The zero-order valence-electron chi connectivity index (χ0n) is 10.0. The van der Waals surface area contributed by atoms with Crippen LogP contribution in [0.4, 0.5) is 4.79 Å². The molecule has 0 atom stereocenters. The van der Waals surface area contributed by atoms with Gasteiger partial charge in [0.2, 0.25) is 0 Å². The quantitative estimate of drug-likeness (QED) is 0.392. The van der Waals surface area contributed by atoms with E-state index >= 15 is 0 Å². The largest absolute Gasteiger partial charge is 0.516 e. The first-order chi connectivity index (χ1) is 7.49. The van der Waals surface area contributed by atoms with E-state index in [9.17, 15) is 9.59 Å². The van der Waals surface area contributed by atoms with Crippen LogP contribution in [0.3, 0.4) is 0 Å². The normalized spacial score (nSPS) is 10.6. The summed E-state index contributed by atoms with van der Waals surface area (Å²) in [6.45, 7) is 3.96. The number of carbonyl (C=O) groups excluding carboxylic acids is 2. The summed E-state index contributed by atoms with van der Waals surface area (Å²) < 4.78 is 18.6. The third-order valence-corrected chi connectivity index (χ3v) is 1.59. The van der Waals surface area contributed by atoms with Crippen LogP contribution in [0.2, 0.25) is 0 Å². The Morgan fingerprint density at radius 2 is 1.69 bits per heavy atom. The van der Waals surface area contributed by atoms with Gasteiger partial charge in [-0.15, -0.1) is 0 Å². The molecule has 0 aromatic carbocycles. The molecule has 0 unspecified atom stereocenters. The highest BCUT2D eigenvalue weighted by Gasteiger charge is 2.17. The number of rotatable bonds is 6. The third kappa shape index (κ3) is 7.19. The van der Waals surface area contributed by atoms with E-state index in [1.165, 1.54) is 14.2 Å². The Balaban J connectivity index is 3.82. The van der Waals surface area contributed by atoms with Gasteiger partial charge in [0.25, 0.3) is 0 Å². The van der Waals surface area contributed by atoms with Gasteiger partial charge in [-0.25, -0.2) is 4.79 Å². The summed E-state index contributed by atoms with van der Waals surface area (Å²) in [6, 6.07) is 0. The van der Waals surface area contributed by atoms with Crippen molar-refractivity contribution in [3.63, 3.8) is 0 Å². The highest BCUT2D eigenvalue weighted by Crippen LogP contribution is 2.01. The predicted octanol–water partition coefficient (Wildman–Crippen LogP) is 1.33. The number of methoxy groups -OCH3 is 2. The third-order valence-electron chi connectivity index (χ3n) is 1.59. The second-order valence-corrected chi connectivity index (χ2v) is 3.53. The molecule has 0 N–H and O–H groups in total. The summed E-state index contributed by atoms with van der Waals surface area (Å²) >= 11 is 0. The van der Waals surface area contributed by atoms with Crippen LogP contribution in [-0.4, -0.2) is 39.2 Å². The monoisotopic (exact) mass is 234 g/mol. The lowest BCUT2D eigenvalue weighted by Gasteiger charge is -2.12. The van der Waals surface area contributed by atoms with Crippen LogP contribution in [0.25, 0.3) is 0 Å². The maximum absolute atomic E-state index is 11.1. The molecule has 0 fully saturated rings. The van der Waals surface area contributed by atoms with Crippen LogP contribution in [0.1, 0.15) is 20.3 Å². The molecule has 0 bridgehead atoms. The van der Waals surface area contributed by atoms with Crippen molar-refractivity contribution in [1.82, 2.24) is 0 Å². The van der Waals surface area contributed by atoms with Crippen molar-refractivity contribution in [2.24, 2.45) is 5.92 Å². The Morgan fingerprint density at radius 1 is 1.12 bits per heavy atom. The van der Waals surface area contributed by atoms with E-state index in [1.807, 2.05) is 13.8 Å². The van der Waals surface area contributed by atoms with Crippen molar-refractivity contribution in [3.05, 3.63) is 0 Å². The molecule has 16 heavy (non-hydrogen) atoms. The number of carbonyl (C=O) groups is 2. The summed E-state index contributed by atoms with van der Waals surface area (Å²) in [7, 11) is 2.77. The van der Waals surface area contributed by atoms with Gasteiger partial charge in [0, 0.05) is 14.2 Å². The van der Waals surface area contributed by atoms with Crippen LogP contribution < -0.4 is 0 Å². The number of ether oxygens (including phenoxy) is 4. The summed E-state index contributed by atoms with van der Waals surface area (Å²) in [5, 5.41) is 0. The van der Waals surface area contributed by atoms with Crippen molar-refractivity contribution in [1.29, 1.82) is 0 Å². The van der Waals surface area contributed by atoms with Gasteiger partial charge in [0.1, 0.15) is 0 Å². The minimum Gasteiger partial charge on any atom is -0.434 e. The van der Waals surface area contributed by atoms with Crippen LogP contribution in [0.5, 0.6) is 0 Å². The molecule has 0 spiro atoms. The molecular formula is C10H18O6. The number of hydrogen-bond donors (Lipinski definition) is 0. The molecule has 0 aromatic heterocycles. The van der Waals surface area contributed by atoms with Gasteiger partial charge in [0.15, 0.2) is 6.29 Å². The minimum absolute atomic E-state index is 0.163. The second kappa shape index (κ2) is 8.06. The fourth-order valence-electron chi connectivity index (χ4n) is 0.798. The van der Waals surface area contributed by atoms with E-state index in [0.29, 0.717) is 0 Å². The van der Waals surface area contributed by atoms with Crippen LogP contribution >= 0.6 is 0 Å². The maximum atomic E-state index is 11.1. The lowest BCUT2D eigenvalue weighted by Crippen LogP contribution is -2.22. The first-order valence-corrected chi connectivity index (χ1v) is 4.92. The van der Waals surface area contributed by atoms with Gasteiger partial charge in [-0.3, -0.25) is 4.79 Å². The van der Waals surface area contributed by atoms with Gasteiger partial charge < -0.3 is 18.9 Å². The van der Waals surface area contributed by atoms with Gasteiger partial charge >= 0.3 is 12.1 Å². The second-order valence-electron chi connectivity index (χ2n) is 3.53. The Bertz CT molecular complexity index is 221. The summed E-state index contributed by atoms with van der Waals surface area (Å²) in [4.78, 5) is 22.1. The molecule has 0 radical (unpaired) electrons. The average Bonchev–Trinajstić information content (AvgIpc) is 2.23. The molecule has 0 amide bonds. The molecule has 0 aliphatic carbocycles. The lowest BCUT2D eigenvalue weighted by atomic mass is 10.2. The van der Waals surface area contributed by atoms with E-state index in [-0.39, 0.29) is 18.9 Å². The summed E-state index contributed by atoms with van der Waals surface area (Å²) in [5.74, 6) is -0.559. The molecule has 0 aromatic rings. The van der Waals surface area contributed by atoms with Crippen LogP contribution in [0, 0.1) is 5.92 Å². The Hall–Kier alpha value is -1.14. The highest BCUT2D eigenvalue weighted by molar-refractivity contribution is 5.81. The molecular weight excluding hydrogens is 216 g/mol. The molecule has 94 valence electrons. The van der Waals surface area contributed by atoms with E-state index in [1.54, 1.807) is 0 Å². The van der Waals surface area contributed by atoms with Crippen LogP contribution in [-0.2, 0) is 23.7 Å². The number of esters is 1. The standard InChI is InChI=1S/C10H18O6/c1-7(2)6-15-10(12)16-8(11)5-9(13-3)14-4/h7,9H,5-6H2,1-4H3. The molecule has 0 saturated heterocycles. The fourth-order valence-corrected chi connectivity index (χ4v) is 0.798. The van der Waals surface area contributed by atoms with E-state index < -0.39 is 18.4 Å². The minimum atomic E-state index is -0.996. The van der Waals surface area contributed by atoms with Crippen molar-refractivity contribution in [2.75, 3.05) is 20.8 Å². The molecule has 0 heterocycles. The maximum Gasteiger partial charge on any atom is 0.516 e. The SMILES string of the molecule is COC(CC(=O)OC(=O)OCC(C)C)OC. The van der Waals surface area contributed by atoms with E-state index in [4.69, 9.17) is 9.47 Å². The highest BCUT2D eigenvalue weighted by atomic mass is 16.7. The summed E-state index contributed by atoms with van der Waals surface area (Å²) in [5.41, 5.74) is 0. The summed E-state index contributed by atoms with van der Waals surface area (Å²) in [6.07, 6.45) is -1.88. The molecule has 6 nitrogen and oxygen atoms in total. The Kier molecular flexibility index (Phi) is 7.49. The molecule has 0 saturated carbocycles. The van der Waals surface area contributed by atoms with E-state index in [2.05, 4.69) is 9.47 Å². The van der Waals surface area contributed by atoms with Gasteiger partial charge in [-0.1, -0.05) is 13.8 Å². The van der Waals surface area contributed by atoms with Crippen molar-refractivity contribution >= 4 is 12.1 Å². The van der Waals surface area contributed by atoms with Gasteiger partial charge in [-0.05, 0) is 5.92 Å². The topological polar surface area (TPSA) is 71.1 Å². The van der Waals surface area contributed by atoms with Crippen molar-refractivity contribution in [2.45, 2.75) is 26.6 Å². The lowest BCUT2D eigenvalue weighted by molar-refractivity contribution is -0.155. The van der Waals surface area contributed by atoms with Crippen LogP contribution in [0.15, 0.2) is 0 Å². The smallest absolute Gasteiger partial charge is 0.434 e.